The van der Waals surface area contributed by atoms with Gasteiger partial charge in [-0.15, -0.1) is 0 Å². The number of aromatic nitrogens is 2. The number of hydrogen-bond acceptors (Lipinski definition) is 4. The summed E-state index contributed by atoms with van der Waals surface area (Å²) in [5, 5.41) is 2.35. The van der Waals surface area contributed by atoms with E-state index in [2.05, 4.69) is 15.3 Å². The van der Waals surface area contributed by atoms with Crippen molar-refractivity contribution < 1.29 is 9.59 Å². The van der Waals surface area contributed by atoms with Gasteiger partial charge in [-0.2, -0.15) is 0 Å². The zero-order valence-electron chi connectivity index (χ0n) is 7.15. The fourth-order valence-corrected chi connectivity index (χ4v) is 0.756. The maximum Gasteiger partial charge on any atom is 0.227 e. The highest BCUT2D eigenvalue weighted by atomic mass is 16.2. The monoisotopic (exact) mass is 179 g/mol. The largest absolute Gasteiger partial charge is 0.359 e. The number of nitrogens with zero attached hydrogens (tertiary/aromatic N) is 2. The smallest absolute Gasteiger partial charge is 0.227 e. The zero-order valence-corrected chi connectivity index (χ0v) is 7.15. The van der Waals surface area contributed by atoms with E-state index in [-0.39, 0.29) is 23.9 Å². The SMILES string of the molecule is CNC(=O)CC(=O)c1ncccn1. The first-order valence-electron chi connectivity index (χ1n) is 3.75. The maximum atomic E-state index is 11.2. The van der Waals surface area contributed by atoms with Crippen molar-refractivity contribution in [1.82, 2.24) is 15.3 Å². The van der Waals surface area contributed by atoms with Gasteiger partial charge in [-0.1, -0.05) is 0 Å². The molecule has 0 fully saturated rings. The third-order valence-electron chi connectivity index (χ3n) is 1.42. The molecule has 1 aromatic rings. The van der Waals surface area contributed by atoms with Crippen LogP contribution in [0.2, 0.25) is 0 Å². The van der Waals surface area contributed by atoms with Crippen molar-refractivity contribution in [2.45, 2.75) is 6.42 Å². The van der Waals surface area contributed by atoms with Crippen molar-refractivity contribution in [3.63, 3.8) is 0 Å². The summed E-state index contributed by atoms with van der Waals surface area (Å²) in [6, 6.07) is 1.61. The van der Waals surface area contributed by atoms with E-state index in [1.807, 2.05) is 0 Å². The molecule has 0 aliphatic heterocycles. The Morgan fingerprint density at radius 2 is 2.00 bits per heavy atom. The van der Waals surface area contributed by atoms with E-state index in [9.17, 15) is 9.59 Å². The lowest BCUT2D eigenvalue weighted by atomic mass is 10.2. The molecule has 0 saturated heterocycles. The van der Waals surface area contributed by atoms with Crippen LogP contribution in [0.15, 0.2) is 18.5 Å². The van der Waals surface area contributed by atoms with Gasteiger partial charge in [0, 0.05) is 19.4 Å². The molecule has 1 N–H and O–H groups in total. The highest BCUT2D eigenvalue weighted by Gasteiger charge is 2.11. The predicted molar refractivity (Wildman–Crippen MR) is 45.0 cm³/mol. The van der Waals surface area contributed by atoms with Crippen molar-refractivity contribution in [1.29, 1.82) is 0 Å². The number of carbonyl (C=O) groups excluding carboxylic acids is 2. The van der Waals surface area contributed by atoms with E-state index in [4.69, 9.17) is 0 Å². The Morgan fingerprint density at radius 3 is 2.54 bits per heavy atom. The van der Waals surface area contributed by atoms with Crippen LogP contribution in [0.4, 0.5) is 0 Å². The van der Waals surface area contributed by atoms with E-state index in [0.29, 0.717) is 0 Å². The summed E-state index contributed by atoms with van der Waals surface area (Å²) in [6.07, 6.45) is 2.72. The molecule has 1 aromatic heterocycles. The molecule has 0 atom stereocenters. The second-order valence-electron chi connectivity index (χ2n) is 2.35. The highest BCUT2D eigenvalue weighted by molar-refractivity contribution is 6.05. The van der Waals surface area contributed by atoms with Crippen LogP contribution >= 0.6 is 0 Å². The number of amides is 1. The molecule has 0 unspecified atom stereocenters. The summed E-state index contributed by atoms with van der Waals surface area (Å²) in [5.74, 6) is -0.636. The molecule has 0 aromatic carbocycles. The molecule has 5 nitrogen and oxygen atoms in total. The summed E-state index contributed by atoms with van der Waals surface area (Å²) in [7, 11) is 1.47. The van der Waals surface area contributed by atoms with E-state index >= 15 is 0 Å². The number of hydrogen-bond donors (Lipinski definition) is 1. The maximum absolute atomic E-state index is 11.2. The Kier molecular flexibility index (Phi) is 3.08. The first-order valence-corrected chi connectivity index (χ1v) is 3.75. The molecular formula is C8H9N3O2. The Balaban J connectivity index is 2.65. The minimum absolute atomic E-state index is 0.0751. The molecule has 0 radical (unpaired) electrons. The molecule has 0 aliphatic carbocycles. The fourth-order valence-electron chi connectivity index (χ4n) is 0.756. The standard InChI is InChI=1S/C8H9N3O2/c1-9-7(13)5-6(12)8-10-3-2-4-11-8/h2-4H,5H2,1H3,(H,9,13). The van der Waals surface area contributed by atoms with Gasteiger partial charge in [0.1, 0.15) is 0 Å². The molecular weight excluding hydrogens is 170 g/mol. The average molecular weight is 179 g/mol. The minimum atomic E-state index is -0.375. The Labute approximate surface area is 75.2 Å². The Bertz CT molecular complexity index is 310. The zero-order chi connectivity index (χ0) is 9.68. The van der Waals surface area contributed by atoms with Crippen LogP contribution in [-0.4, -0.2) is 28.7 Å². The predicted octanol–water partition coefficient (Wildman–Crippen LogP) is -0.205. The van der Waals surface area contributed by atoms with Gasteiger partial charge in [0.15, 0.2) is 5.82 Å². The molecule has 0 bridgehead atoms. The van der Waals surface area contributed by atoms with Crippen LogP contribution in [-0.2, 0) is 4.79 Å². The molecule has 0 aliphatic rings. The second kappa shape index (κ2) is 4.30. The van der Waals surface area contributed by atoms with E-state index in [1.165, 1.54) is 19.4 Å². The molecule has 5 heteroatoms. The van der Waals surface area contributed by atoms with Crippen molar-refractivity contribution in [2.75, 3.05) is 7.05 Å². The molecule has 13 heavy (non-hydrogen) atoms. The van der Waals surface area contributed by atoms with E-state index in [1.54, 1.807) is 6.07 Å². The van der Waals surface area contributed by atoms with Crippen LogP contribution < -0.4 is 5.32 Å². The van der Waals surface area contributed by atoms with Gasteiger partial charge in [0.05, 0.1) is 6.42 Å². The van der Waals surface area contributed by atoms with Crippen LogP contribution in [0.3, 0.4) is 0 Å². The van der Waals surface area contributed by atoms with Crippen molar-refractivity contribution in [3.05, 3.63) is 24.3 Å². The lowest BCUT2D eigenvalue weighted by molar-refractivity contribution is -0.119. The van der Waals surface area contributed by atoms with Gasteiger partial charge >= 0.3 is 0 Å². The van der Waals surface area contributed by atoms with Crippen LogP contribution in [0.5, 0.6) is 0 Å². The quantitative estimate of drug-likeness (QED) is 0.515. The highest BCUT2D eigenvalue weighted by Crippen LogP contribution is 1.94. The number of carbonyl (C=O) groups is 2. The topological polar surface area (TPSA) is 72.0 Å². The normalized spacial score (nSPS) is 9.31. The number of Topliss-reactive ketones (excluding diaryl/α,β-unsaturated/α-hetero) is 1. The lowest BCUT2D eigenvalue weighted by Crippen LogP contribution is -2.22. The average Bonchev–Trinajstić information content (AvgIpc) is 2.19. The Hall–Kier alpha value is -1.78. The molecule has 0 saturated carbocycles. The van der Waals surface area contributed by atoms with Crippen molar-refractivity contribution in [2.24, 2.45) is 0 Å². The van der Waals surface area contributed by atoms with Crippen molar-refractivity contribution in [3.8, 4) is 0 Å². The summed E-state index contributed by atoms with van der Waals surface area (Å²) in [4.78, 5) is 29.5. The van der Waals surface area contributed by atoms with E-state index in [0.717, 1.165) is 0 Å². The van der Waals surface area contributed by atoms with Gasteiger partial charge < -0.3 is 5.32 Å². The summed E-state index contributed by atoms with van der Waals surface area (Å²) in [5.41, 5.74) is 0. The van der Waals surface area contributed by atoms with E-state index < -0.39 is 0 Å². The summed E-state index contributed by atoms with van der Waals surface area (Å²) < 4.78 is 0. The van der Waals surface area contributed by atoms with Crippen LogP contribution in [0.1, 0.15) is 17.0 Å². The van der Waals surface area contributed by atoms with Gasteiger partial charge in [0.2, 0.25) is 11.7 Å². The van der Waals surface area contributed by atoms with Gasteiger partial charge in [-0.3, -0.25) is 9.59 Å². The molecule has 0 spiro atoms. The van der Waals surface area contributed by atoms with Crippen LogP contribution in [0, 0.1) is 0 Å². The third-order valence-corrected chi connectivity index (χ3v) is 1.42. The van der Waals surface area contributed by atoms with Gasteiger partial charge in [-0.05, 0) is 6.07 Å². The minimum Gasteiger partial charge on any atom is -0.359 e. The second-order valence-corrected chi connectivity index (χ2v) is 2.35. The number of rotatable bonds is 3. The summed E-state index contributed by atoms with van der Waals surface area (Å²) in [6.45, 7) is 0. The van der Waals surface area contributed by atoms with Crippen molar-refractivity contribution >= 4 is 11.7 Å². The molecule has 1 heterocycles. The van der Waals surface area contributed by atoms with Gasteiger partial charge in [0.25, 0.3) is 0 Å². The number of ketones is 1. The number of nitrogens with one attached hydrogen (secondary N) is 1. The molecule has 68 valence electrons. The third kappa shape index (κ3) is 2.62. The fraction of sp³-hybridized carbons (Fsp3) is 0.250. The Morgan fingerprint density at radius 1 is 1.38 bits per heavy atom. The van der Waals surface area contributed by atoms with Gasteiger partial charge in [-0.25, -0.2) is 9.97 Å². The van der Waals surface area contributed by atoms with Crippen LogP contribution in [0.25, 0.3) is 0 Å². The molecule has 1 amide bonds. The molecule has 1 rings (SSSR count). The summed E-state index contributed by atoms with van der Waals surface area (Å²) >= 11 is 0. The lowest BCUT2D eigenvalue weighted by Gasteiger charge is -1.97. The first kappa shape index (κ1) is 9.31. The first-order chi connectivity index (χ1) is 6.24.